The molecule has 0 amide bonds. The first-order valence-corrected chi connectivity index (χ1v) is 7.03. The van der Waals surface area contributed by atoms with Gasteiger partial charge in [0.1, 0.15) is 0 Å². The Bertz CT molecular complexity index is 347. The number of benzene rings is 1. The second-order valence-corrected chi connectivity index (χ2v) is 5.60. The van der Waals surface area contributed by atoms with Crippen LogP contribution in [-0.4, -0.2) is 0 Å². The lowest BCUT2D eigenvalue weighted by Crippen LogP contribution is -2.20. The van der Waals surface area contributed by atoms with Crippen molar-refractivity contribution >= 4 is 0 Å². The van der Waals surface area contributed by atoms with Gasteiger partial charge in [-0.25, -0.2) is 0 Å². The topological polar surface area (TPSA) is 0 Å². The van der Waals surface area contributed by atoms with Crippen LogP contribution in [0, 0.1) is 5.92 Å². The van der Waals surface area contributed by atoms with E-state index < -0.39 is 0 Å². The Morgan fingerprint density at radius 3 is 2.50 bits per heavy atom. The molecule has 3 rings (SSSR count). The molecule has 2 aliphatic carbocycles. The van der Waals surface area contributed by atoms with Gasteiger partial charge >= 0.3 is 0 Å². The van der Waals surface area contributed by atoms with Crippen molar-refractivity contribution < 1.29 is 0 Å². The van der Waals surface area contributed by atoms with E-state index in [9.17, 15) is 0 Å². The molecule has 0 radical (unpaired) electrons. The number of hydrogen-bond donors (Lipinski definition) is 0. The van der Waals surface area contributed by atoms with E-state index in [4.69, 9.17) is 0 Å². The molecule has 0 nitrogen and oxygen atoms in total. The minimum atomic E-state index is 0.894. The van der Waals surface area contributed by atoms with E-state index in [2.05, 4.69) is 24.3 Å². The molecule has 0 aliphatic heterocycles. The number of fused-ring (bicyclic) bond motifs is 1. The van der Waals surface area contributed by atoms with Crippen molar-refractivity contribution in [1.29, 1.82) is 0 Å². The van der Waals surface area contributed by atoms with Crippen LogP contribution in [0.5, 0.6) is 0 Å². The van der Waals surface area contributed by atoms with Gasteiger partial charge in [-0.15, -0.1) is 0 Å². The van der Waals surface area contributed by atoms with Gasteiger partial charge in [0.05, 0.1) is 0 Å². The summed E-state index contributed by atoms with van der Waals surface area (Å²) in [7, 11) is 0. The van der Waals surface area contributed by atoms with Gasteiger partial charge in [-0.3, -0.25) is 0 Å². The number of aryl methyl sites for hydroxylation is 1. The van der Waals surface area contributed by atoms with Gasteiger partial charge in [-0.1, -0.05) is 43.5 Å². The normalized spacial score (nSPS) is 26.4. The Kier molecular flexibility index (Phi) is 2.99. The SMILES string of the molecule is c1ccc2c(c1)CCCC2C1CCCCC1. The zero-order valence-corrected chi connectivity index (χ0v) is 10.1. The molecule has 0 saturated heterocycles. The summed E-state index contributed by atoms with van der Waals surface area (Å²) >= 11 is 0. The van der Waals surface area contributed by atoms with Crippen LogP contribution in [0.2, 0.25) is 0 Å². The maximum atomic E-state index is 2.40. The molecule has 0 N–H and O–H groups in total. The minimum absolute atomic E-state index is 0.894. The van der Waals surface area contributed by atoms with Crippen molar-refractivity contribution in [2.75, 3.05) is 0 Å². The summed E-state index contributed by atoms with van der Waals surface area (Å²) in [6.07, 6.45) is 11.6. The van der Waals surface area contributed by atoms with E-state index in [1.165, 1.54) is 51.4 Å². The van der Waals surface area contributed by atoms with Crippen LogP contribution in [0.25, 0.3) is 0 Å². The highest BCUT2D eigenvalue weighted by molar-refractivity contribution is 5.33. The van der Waals surface area contributed by atoms with E-state index in [-0.39, 0.29) is 0 Å². The summed E-state index contributed by atoms with van der Waals surface area (Å²) in [5, 5.41) is 0. The first-order valence-electron chi connectivity index (χ1n) is 7.03. The third-order valence-electron chi connectivity index (χ3n) is 4.63. The highest BCUT2D eigenvalue weighted by atomic mass is 14.3. The average molecular weight is 214 g/mol. The number of hydrogen-bond acceptors (Lipinski definition) is 0. The van der Waals surface area contributed by atoms with Crippen molar-refractivity contribution in [2.24, 2.45) is 5.92 Å². The molecule has 16 heavy (non-hydrogen) atoms. The molecule has 86 valence electrons. The highest BCUT2D eigenvalue weighted by Gasteiger charge is 2.28. The fourth-order valence-electron chi connectivity index (χ4n) is 3.82. The Morgan fingerprint density at radius 1 is 0.812 bits per heavy atom. The highest BCUT2D eigenvalue weighted by Crippen LogP contribution is 2.42. The minimum Gasteiger partial charge on any atom is -0.0620 e. The first kappa shape index (κ1) is 10.4. The van der Waals surface area contributed by atoms with Crippen molar-refractivity contribution in [2.45, 2.75) is 57.3 Å². The zero-order chi connectivity index (χ0) is 10.8. The zero-order valence-electron chi connectivity index (χ0n) is 10.1. The molecular formula is C16H22. The Hall–Kier alpha value is -0.780. The fraction of sp³-hybridized carbons (Fsp3) is 0.625. The van der Waals surface area contributed by atoms with Crippen molar-refractivity contribution in [3.8, 4) is 0 Å². The lowest BCUT2D eigenvalue weighted by Gasteiger charge is -2.34. The summed E-state index contributed by atoms with van der Waals surface area (Å²) in [6, 6.07) is 9.19. The first-order chi connectivity index (χ1) is 7.95. The molecule has 0 aromatic heterocycles. The maximum Gasteiger partial charge on any atom is -0.0131 e. The van der Waals surface area contributed by atoms with Crippen LogP contribution < -0.4 is 0 Å². The summed E-state index contributed by atoms with van der Waals surface area (Å²) in [5.41, 5.74) is 3.34. The van der Waals surface area contributed by atoms with Crippen LogP contribution in [-0.2, 0) is 6.42 Å². The monoisotopic (exact) mass is 214 g/mol. The van der Waals surface area contributed by atoms with Crippen molar-refractivity contribution in [3.05, 3.63) is 35.4 Å². The maximum absolute atomic E-state index is 2.40. The summed E-state index contributed by atoms with van der Waals surface area (Å²) in [4.78, 5) is 0. The van der Waals surface area contributed by atoms with Gasteiger partial charge in [-0.2, -0.15) is 0 Å². The van der Waals surface area contributed by atoms with E-state index in [0.29, 0.717) is 0 Å². The van der Waals surface area contributed by atoms with E-state index in [1.54, 1.807) is 11.1 Å². The third-order valence-corrected chi connectivity index (χ3v) is 4.63. The van der Waals surface area contributed by atoms with Crippen LogP contribution >= 0.6 is 0 Å². The second-order valence-electron chi connectivity index (χ2n) is 5.60. The van der Waals surface area contributed by atoms with E-state index >= 15 is 0 Å². The van der Waals surface area contributed by atoms with Crippen molar-refractivity contribution in [3.63, 3.8) is 0 Å². The molecule has 1 aromatic carbocycles. The van der Waals surface area contributed by atoms with Gasteiger partial charge < -0.3 is 0 Å². The van der Waals surface area contributed by atoms with Crippen LogP contribution in [0.3, 0.4) is 0 Å². The van der Waals surface area contributed by atoms with Gasteiger partial charge in [-0.05, 0) is 55.1 Å². The molecular weight excluding hydrogens is 192 g/mol. The third kappa shape index (κ3) is 1.90. The predicted octanol–water partition coefficient (Wildman–Crippen LogP) is 4.69. The van der Waals surface area contributed by atoms with Crippen LogP contribution in [0.4, 0.5) is 0 Å². The van der Waals surface area contributed by atoms with E-state index in [1.807, 2.05) is 0 Å². The molecule has 1 saturated carbocycles. The molecule has 0 heterocycles. The number of rotatable bonds is 1. The Balaban J connectivity index is 1.86. The second kappa shape index (κ2) is 4.61. The summed E-state index contributed by atoms with van der Waals surface area (Å²) < 4.78 is 0. The van der Waals surface area contributed by atoms with Gasteiger partial charge in [0.25, 0.3) is 0 Å². The lowest BCUT2D eigenvalue weighted by atomic mass is 9.71. The van der Waals surface area contributed by atoms with Crippen LogP contribution in [0.1, 0.15) is 62.0 Å². The molecule has 1 atom stereocenters. The Labute approximate surface area is 99.1 Å². The summed E-state index contributed by atoms with van der Waals surface area (Å²) in [5.74, 6) is 1.89. The largest absolute Gasteiger partial charge is 0.0620 e. The lowest BCUT2D eigenvalue weighted by molar-refractivity contribution is 0.284. The van der Waals surface area contributed by atoms with Gasteiger partial charge in [0.2, 0.25) is 0 Å². The van der Waals surface area contributed by atoms with Crippen molar-refractivity contribution in [1.82, 2.24) is 0 Å². The molecule has 0 bridgehead atoms. The van der Waals surface area contributed by atoms with Crippen LogP contribution in [0.15, 0.2) is 24.3 Å². The molecule has 2 aliphatic rings. The molecule has 1 aromatic rings. The summed E-state index contributed by atoms with van der Waals surface area (Å²) in [6.45, 7) is 0. The Morgan fingerprint density at radius 2 is 1.62 bits per heavy atom. The fourth-order valence-corrected chi connectivity index (χ4v) is 3.82. The molecule has 1 unspecified atom stereocenters. The molecule has 0 heteroatoms. The van der Waals surface area contributed by atoms with Gasteiger partial charge in [0, 0.05) is 0 Å². The standard InChI is InChI=1S/C16H22/c1-2-7-13(8-3-1)16-12-6-10-14-9-4-5-11-15(14)16/h4-5,9,11,13,16H,1-3,6-8,10,12H2. The van der Waals surface area contributed by atoms with E-state index in [0.717, 1.165) is 11.8 Å². The smallest absolute Gasteiger partial charge is 0.0131 e. The van der Waals surface area contributed by atoms with Gasteiger partial charge in [0.15, 0.2) is 0 Å². The molecule has 0 spiro atoms. The molecule has 1 fully saturated rings. The average Bonchev–Trinajstić information content (AvgIpc) is 2.39. The quantitative estimate of drug-likeness (QED) is 0.636. The predicted molar refractivity (Wildman–Crippen MR) is 68.7 cm³/mol.